The van der Waals surface area contributed by atoms with Gasteiger partial charge in [-0.05, 0) is 5.75 Å². The van der Waals surface area contributed by atoms with E-state index in [1.165, 1.54) is 0 Å². The predicted molar refractivity (Wildman–Crippen MR) is 19.5 cm³/mol. The van der Waals surface area contributed by atoms with Gasteiger partial charge >= 0.3 is 0 Å². The van der Waals surface area contributed by atoms with Gasteiger partial charge in [-0.2, -0.15) is 12.6 Å². The van der Waals surface area contributed by atoms with Gasteiger partial charge in [0.15, 0.2) is 0 Å². The Balaban J connectivity index is 0. The van der Waals surface area contributed by atoms with Crippen LogP contribution < -0.4 is 0 Å². The van der Waals surface area contributed by atoms with Crippen LogP contribution in [0.25, 0.3) is 0 Å². The normalized spacial score (nSPS) is 4.50. The van der Waals surface area contributed by atoms with E-state index in [1.807, 2.05) is 6.92 Å². The Hall–Kier alpha value is 1.40. The second-order valence-electron chi connectivity index (χ2n) is 0.316. The fraction of sp³-hybridized carbons (Fsp3) is 1.00. The maximum atomic E-state index is 3.79. The Kier molecular flexibility index (Phi) is 20.0. The Morgan fingerprint density at radius 1 is 1.75 bits per heavy atom. The topological polar surface area (TPSA) is 0 Å². The van der Waals surface area contributed by atoms with Crippen molar-refractivity contribution in [1.82, 2.24) is 0 Å². The third-order valence-corrected chi connectivity index (χ3v) is 0. The molecule has 0 fully saturated rings. The SMILES string of the molecule is CCS.[U]. The minimum atomic E-state index is 0. The third-order valence-electron chi connectivity index (χ3n) is 0. The molecule has 0 saturated carbocycles. The van der Waals surface area contributed by atoms with Gasteiger partial charge in [-0.15, -0.1) is 0 Å². The summed E-state index contributed by atoms with van der Waals surface area (Å²) in [5.74, 6) is 0.944. The van der Waals surface area contributed by atoms with Crippen LogP contribution in [0, 0.1) is 31.1 Å². The summed E-state index contributed by atoms with van der Waals surface area (Å²) in [6.45, 7) is 1.99. The number of hydrogen-bond donors (Lipinski definition) is 1. The molecular formula is C2H6SU. The fourth-order valence-electron chi connectivity index (χ4n) is 0. The number of hydrogen-bond acceptors (Lipinski definition) is 1. The molecule has 0 bridgehead atoms. The zero-order valence-electron chi connectivity index (χ0n) is 2.65. The summed E-state index contributed by atoms with van der Waals surface area (Å²) in [5, 5.41) is 0. The van der Waals surface area contributed by atoms with Crippen molar-refractivity contribution in [3.63, 3.8) is 0 Å². The average molecular weight is 300 g/mol. The van der Waals surface area contributed by atoms with Gasteiger partial charge in [0, 0.05) is 31.1 Å². The Bertz CT molecular complexity index is 6.00. The first kappa shape index (κ1) is 9.04. The van der Waals surface area contributed by atoms with Crippen molar-refractivity contribution in [3.05, 3.63) is 0 Å². The van der Waals surface area contributed by atoms with Crippen molar-refractivity contribution >= 4 is 12.6 Å². The number of rotatable bonds is 0. The van der Waals surface area contributed by atoms with Gasteiger partial charge in [0.25, 0.3) is 0 Å². The zero-order valence-corrected chi connectivity index (χ0v) is 7.71. The van der Waals surface area contributed by atoms with Crippen molar-refractivity contribution in [3.8, 4) is 0 Å². The van der Waals surface area contributed by atoms with E-state index in [-0.39, 0.29) is 31.1 Å². The molecule has 0 rings (SSSR count). The average Bonchev–Trinajstić information content (AvgIpc) is 0.918. The Morgan fingerprint density at radius 2 is 1.75 bits per heavy atom. The molecule has 2 heteroatoms. The van der Waals surface area contributed by atoms with Crippen LogP contribution in [0.1, 0.15) is 6.92 Å². The van der Waals surface area contributed by atoms with Crippen molar-refractivity contribution in [2.24, 2.45) is 0 Å². The molecule has 0 radical (unpaired) electrons. The summed E-state index contributed by atoms with van der Waals surface area (Å²) in [4.78, 5) is 0. The molecule has 0 spiro atoms. The molecule has 0 saturated heterocycles. The van der Waals surface area contributed by atoms with E-state index >= 15 is 0 Å². The number of thiol groups is 1. The first-order valence-corrected chi connectivity index (χ1v) is 1.66. The summed E-state index contributed by atoms with van der Waals surface area (Å²) in [5.41, 5.74) is 0. The Morgan fingerprint density at radius 3 is 1.75 bits per heavy atom. The fourth-order valence-corrected chi connectivity index (χ4v) is 0. The smallest absolute Gasteiger partial charge is 0 e. The minimum Gasteiger partial charge on any atom is -0.180 e. The molecule has 0 aromatic heterocycles. The van der Waals surface area contributed by atoms with Crippen molar-refractivity contribution in [2.45, 2.75) is 6.92 Å². The first-order valence-electron chi connectivity index (χ1n) is 1.02. The van der Waals surface area contributed by atoms with Crippen molar-refractivity contribution in [1.29, 1.82) is 0 Å². The molecular weight excluding hydrogens is 294 g/mol. The van der Waals surface area contributed by atoms with E-state index < -0.39 is 0 Å². The first-order chi connectivity index (χ1) is 1.41. The molecule has 0 aliphatic heterocycles. The van der Waals surface area contributed by atoms with Gasteiger partial charge in [-0.3, -0.25) is 0 Å². The van der Waals surface area contributed by atoms with E-state index in [4.69, 9.17) is 0 Å². The molecule has 0 amide bonds. The molecule has 0 aromatic carbocycles. The van der Waals surface area contributed by atoms with Gasteiger partial charge in [-0.25, -0.2) is 0 Å². The maximum absolute atomic E-state index is 3.79. The van der Waals surface area contributed by atoms with Crippen LogP contribution in [0.4, 0.5) is 0 Å². The molecule has 24 valence electrons. The standard InChI is InChI=1S/C2H6S.U/c1-2-3;/h3H,2H2,1H3;. The van der Waals surface area contributed by atoms with E-state index in [1.54, 1.807) is 0 Å². The minimum absolute atomic E-state index is 0. The molecule has 0 unspecified atom stereocenters. The molecule has 0 N–H and O–H groups in total. The molecule has 0 aliphatic carbocycles. The van der Waals surface area contributed by atoms with Crippen LogP contribution in [0.15, 0.2) is 0 Å². The second-order valence-corrected chi connectivity index (χ2v) is 0.949. The molecule has 0 heterocycles. The van der Waals surface area contributed by atoms with Gasteiger partial charge in [0.05, 0.1) is 0 Å². The largest absolute Gasteiger partial charge is 0.180 e. The predicted octanol–water partition coefficient (Wildman–Crippen LogP) is 0.936. The Labute approximate surface area is 56.1 Å². The molecule has 0 aliphatic rings. The van der Waals surface area contributed by atoms with Crippen LogP contribution in [-0.4, -0.2) is 5.75 Å². The maximum Gasteiger partial charge on any atom is 0 e. The van der Waals surface area contributed by atoms with Crippen LogP contribution in [0.2, 0.25) is 0 Å². The van der Waals surface area contributed by atoms with Gasteiger partial charge in [0.1, 0.15) is 0 Å². The van der Waals surface area contributed by atoms with Crippen molar-refractivity contribution < 1.29 is 31.1 Å². The summed E-state index contributed by atoms with van der Waals surface area (Å²) in [7, 11) is 0. The molecule has 0 aromatic rings. The van der Waals surface area contributed by atoms with Gasteiger partial charge in [-0.1, -0.05) is 6.92 Å². The summed E-state index contributed by atoms with van der Waals surface area (Å²) in [6, 6.07) is 0. The van der Waals surface area contributed by atoms with Crippen LogP contribution in [0.3, 0.4) is 0 Å². The second kappa shape index (κ2) is 8.83. The summed E-state index contributed by atoms with van der Waals surface area (Å²) >= 11 is 3.79. The zero-order chi connectivity index (χ0) is 2.71. The van der Waals surface area contributed by atoms with E-state index in [9.17, 15) is 0 Å². The molecule has 4 heavy (non-hydrogen) atoms. The van der Waals surface area contributed by atoms with Crippen LogP contribution >= 0.6 is 12.6 Å². The summed E-state index contributed by atoms with van der Waals surface area (Å²) < 4.78 is 0. The van der Waals surface area contributed by atoms with Crippen LogP contribution in [0.5, 0.6) is 0 Å². The summed E-state index contributed by atoms with van der Waals surface area (Å²) in [6.07, 6.45) is 0. The van der Waals surface area contributed by atoms with Gasteiger partial charge in [0.2, 0.25) is 0 Å². The third kappa shape index (κ3) is 9.99. The van der Waals surface area contributed by atoms with E-state index in [2.05, 4.69) is 12.6 Å². The van der Waals surface area contributed by atoms with E-state index in [0.29, 0.717) is 0 Å². The van der Waals surface area contributed by atoms with Crippen LogP contribution in [-0.2, 0) is 0 Å². The monoisotopic (exact) mass is 300 g/mol. The van der Waals surface area contributed by atoms with Gasteiger partial charge < -0.3 is 0 Å². The quantitative estimate of drug-likeness (QED) is 0.632. The molecule has 0 atom stereocenters. The molecule has 0 nitrogen and oxygen atoms in total. The van der Waals surface area contributed by atoms with E-state index in [0.717, 1.165) is 5.75 Å². The van der Waals surface area contributed by atoms with Crippen molar-refractivity contribution in [2.75, 3.05) is 5.75 Å².